The number of carbonyl (C=O) groups excluding carboxylic acids is 1. The van der Waals surface area contributed by atoms with E-state index in [1.54, 1.807) is 17.8 Å². The van der Waals surface area contributed by atoms with Crippen LogP contribution in [0.1, 0.15) is 71.9 Å². The highest BCUT2D eigenvalue weighted by Gasteiger charge is 2.41. The van der Waals surface area contributed by atoms with Crippen molar-refractivity contribution in [2.24, 2.45) is 0 Å². The largest absolute Gasteiger partial charge is 0.489 e. The Balaban J connectivity index is 1.75. The second kappa shape index (κ2) is 19.2. The normalized spacial score (nSPS) is 13.9. The number of ether oxygens (including phenoxy) is 2. The van der Waals surface area contributed by atoms with Gasteiger partial charge in [-0.15, -0.1) is 0 Å². The number of hydrogen-bond acceptors (Lipinski definition) is 8. The van der Waals surface area contributed by atoms with Gasteiger partial charge in [-0.05, 0) is 106 Å². The molecule has 0 saturated carbocycles. The maximum Gasteiger partial charge on any atom is 0.408 e. The van der Waals surface area contributed by atoms with Crippen molar-refractivity contribution >= 4 is 45.4 Å². The number of unbranched alkanes of at least 4 members (excludes halogenated alkanes) is 1. The van der Waals surface area contributed by atoms with E-state index >= 15 is 0 Å². The van der Waals surface area contributed by atoms with Crippen LogP contribution >= 0.6 is 31.0 Å². The van der Waals surface area contributed by atoms with Gasteiger partial charge in [-0.25, -0.2) is 4.79 Å². The average molecular weight is 790 g/mol. The molecule has 286 valence electrons. The lowest BCUT2D eigenvalue weighted by molar-refractivity contribution is 0.0435. The van der Waals surface area contributed by atoms with Crippen LogP contribution in [0.3, 0.4) is 0 Å². The summed E-state index contributed by atoms with van der Waals surface area (Å²) < 4.78 is 41.9. The second-order valence-electron chi connectivity index (χ2n) is 15.4. The minimum atomic E-state index is -3.55. The van der Waals surface area contributed by atoms with Gasteiger partial charge in [-0.1, -0.05) is 93.0 Å². The SMILES string of the molecule is COP(=O)(C=CC(CCCCc1ccc(Sc2cccc(OCc3ccccc3)c2)cc1Cl)(CO[Si](C)(C)C(C)(C)C)NC(=O)OC(C)(C)C)OC. The topological polar surface area (TPSA) is 92.3 Å². The van der Waals surface area contributed by atoms with Gasteiger partial charge in [0.15, 0.2) is 8.32 Å². The summed E-state index contributed by atoms with van der Waals surface area (Å²) in [6.45, 7) is 16.9. The predicted octanol–water partition coefficient (Wildman–Crippen LogP) is 12.1. The van der Waals surface area contributed by atoms with Gasteiger partial charge in [0, 0.05) is 34.9 Å². The first kappa shape index (κ1) is 43.8. The third-order valence-corrected chi connectivity index (χ3v) is 16.3. The zero-order chi connectivity index (χ0) is 38.6. The highest BCUT2D eigenvalue weighted by Crippen LogP contribution is 2.49. The molecule has 3 aromatic rings. The van der Waals surface area contributed by atoms with Gasteiger partial charge < -0.3 is 28.3 Å². The molecule has 12 heteroatoms. The van der Waals surface area contributed by atoms with Crippen molar-refractivity contribution in [1.82, 2.24) is 5.32 Å². The Morgan fingerprint density at radius 2 is 1.58 bits per heavy atom. The first-order valence-corrected chi connectivity index (χ1v) is 23.3. The molecular formula is C40H57ClNO7PSSi. The summed E-state index contributed by atoms with van der Waals surface area (Å²) in [6, 6.07) is 24.3. The highest BCUT2D eigenvalue weighted by molar-refractivity contribution is 7.99. The van der Waals surface area contributed by atoms with Crippen molar-refractivity contribution in [2.75, 3.05) is 20.8 Å². The molecule has 1 N–H and O–H groups in total. The van der Waals surface area contributed by atoms with Crippen molar-refractivity contribution in [3.63, 3.8) is 0 Å². The molecule has 0 saturated heterocycles. The quantitative estimate of drug-likeness (QED) is 0.0774. The lowest BCUT2D eigenvalue weighted by atomic mass is 9.92. The molecule has 0 aliphatic carbocycles. The van der Waals surface area contributed by atoms with Gasteiger partial charge >= 0.3 is 13.7 Å². The van der Waals surface area contributed by atoms with Crippen LogP contribution in [0.15, 0.2) is 94.5 Å². The second-order valence-corrected chi connectivity index (χ2v) is 23.8. The predicted molar refractivity (Wildman–Crippen MR) is 216 cm³/mol. The van der Waals surface area contributed by atoms with E-state index in [0.717, 1.165) is 39.5 Å². The van der Waals surface area contributed by atoms with Crippen LogP contribution in [-0.4, -0.2) is 46.4 Å². The molecule has 0 aliphatic heterocycles. The van der Waals surface area contributed by atoms with Gasteiger partial charge in [0.1, 0.15) is 18.0 Å². The van der Waals surface area contributed by atoms with Crippen LogP contribution in [0, 0.1) is 0 Å². The minimum Gasteiger partial charge on any atom is -0.489 e. The van der Waals surface area contributed by atoms with Gasteiger partial charge in [0.25, 0.3) is 0 Å². The van der Waals surface area contributed by atoms with Gasteiger partial charge in [0.2, 0.25) is 0 Å². The fourth-order valence-electron chi connectivity index (χ4n) is 4.86. The molecule has 3 rings (SSSR count). The number of halogens is 1. The summed E-state index contributed by atoms with van der Waals surface area (Å²) in [5, 5.41) is 3.70. The molecule has 52 heavy (non-hydrogen) atoms. The Bertz CT molecular complexity index is 1670. The van der Waals surface area contributed by atoms with E-state index in [0.29, 0.717) is 24.5 Å². The van der Waals surface area contributed by atoms with Gasteiger partial charge in [-0.2, -0.15) is 0 Å². The first-order valence-electron chi connectivity index (χ1n) is 17.6. The number of carbonyl (C=O) groups is 1. The Morgan fingerprint density at radius 1 is 0.904 bits per heavy atom. The van der Waals surface area contributed by atoms with Crippen molar-refractivity contribution < 1.29 is 32.3 Å². The van der Waals surface area contributed by atoms with Crippen LogP contribution in [-0.2, 0) is 35.8 Å². The smallest absolute Gasteiger partial charge is 0.408 e. The number of benzene rings is 3. The third kappa shape index (κ3) is 14.3. The van der Waals surface area contributed by atoms with Crippen molar-refractivity contribution in [2.45, 2.75) is 113 Å². The van der Waals surface area contributed by atoms with Crippen LogP contribution in [0.5, 0.6) is 5.75 Å². The van der Waals surface area contributed by atoms with Gasteiger partial charge in [0.05, 0.1) is 12.1 Å². The zero-order valence-electron chi connectivity index (χ0n) is 32.4. The molecule has 0 aromatic heterocycles. The number of nitrogens with one attached hydrogen (secondary N) is 1. The van der Waals surface area contributed by atoms with E-state index in [2.05, 4.69) is 57.4 Å². The Labute approximate surface area is 322 Å². The Hall–Kier alpha value is -2.56. The molecular weight excluding hydrogens is 733 g/mol. The van der Waals surface area contributed by atoms with Crippen LogP contribution in [0.2, 0.25) is 23.2 Å². The van der Waals surface area contributed by atoms with E-state index in [9.17, 15) is 9.36 Å². The summed E-state index contributed by atoms with van der Waals surface area (Å²) in [6.07, 6.45) is 3.80. The number of rotatable bonds is 18. The maximum atomic E-state index is 13.3. The molecule has 0 spiro atoms. The summed E-state index contributed by atoms with van der Waals surface area (Å²) in [4.78, 5) is 15.4. The molecule has 0 radical (unpaired) electrons. The zero-order valence-corrected chi connectivity index (χ0v) is 35.9. The van der Waals surface area contributed by atoms with Crippen LogP contribution in [0.4, 0.5) is 4.79 Å². The third-order valence-electron chi connectivity index (χ3n) is 8.96. The monoisotopic (exact) mass is 789 g/mol. The molecule has 3 aromatic carbocycles. The first-order chi connectivity index (χ1) is 24.3. The van der Waals surface area contributed by atoms with Crippen LogP contribution in [0.25, 0.3) is 0 Å². The summed E-state index contributed by atoms with van der Waals surface area (Å²) in [5.41, 5.74) is 0.391. The van der Waals surface area contributed by atoms with Crippen molar-refractivity contribution in [1.29, 1.82) is 0 Å². The lowest BCUT2D eigenvalue weighted by Gasteiger charge is -2.41. The van der Waals surface area contributed by atoms with E-state index in [1.165, 1.54) is 20.0 Å². The summed E-state index contributed by atoms with van der Waals surface area (Å²) in [7, 11) is -3.14. The molecule has 0 bridgehead atoms. The Morgan fingerprint density at radius 3 is 2.19 bits per heavy atom. The molecule has 8 nitrogen and oxygen atoms in total. The van der Waals surface area contributed by atoms with Gasteiger partial charge in [-0.3, -0.25) is 4.57 Å². The number of amides is 1. The Kier molecular flexibility index (Phi) is 16.1. The molecule has 1 unspecified atom stereocenters. The van der Waals surface area contributed by atoms with Crippen molar-refractivity contribution in [3.05, 3.63) is 101 Å². The molecule has 0 aliphatic rings. The van der Waals surface area contributed by atoms with Crippen molar-refractivity contribution in [3.8, 4) is 5.75 Å². The molecule has 1 amide bonds. The highest BCUT2D eigenvalue weighted by atomic mass is 35.5. The average Bonchev–Trinajstić information content (AvgIpc) is 3.07. The van der Waals surface area contributed by atoms with Crippen LogP contribution < -0.4 is 10.1 Å². The standard InChI is InChI=1S/C40H57ClNO7PSSi/c1-38(2,3)49-37(43)42-40(25-26-50(44,45-7)46-8,30-48-52(9,10)39(4,5)6)24-15-14-19-32-22-23-35(28-36(32)41)51-34-21-16-20-33(27-34)47-29-31-17-12-11-13-18-31/h11-13,16-18,20-23,25-28H,14-15,19,24,29-30H2,1-10H3,(H,42,43). The number of aryl methyl sites for hydroxylation is 1. The number of alkyl carbamates (subject to hydrolysis) is 1. The molecule has 0 fully saturated rings. The van der Waals surface area contributed by atoms with E-state index in [4.69, 9.17) is 34.5 Å². The van der Waals surface area contributed by atoms with E-state index in [-0.39, 0.29) is 11.6 Å². The number of hydrogen-bond donors (Lipinski definition) is 1. The fraction of sp³-hybridized carbons (Fsp3) is 0.475. The molecule has 1 atom stereocenters. The lowest BCUT2D eigenvalue weighted by Crippen LogP contribution is -2.55. The minimum absolute atomic E-state index is 0.0666. The summed E-state index contributed by atoms with van der Waals surface area (Å²) >= 11 is 8.45. The maximum absolute atomic E-state index is 13.3. The molecule has 0 heterocycles. The summed E-state index contributed by atoms with van der Waals surface area (Å²) in [5.74, 6) is 2.21. The van der Waals surface area contributed by atoms with E-state index in [1.807, 2.05) is 75.4 Å². The van der Waals surface area contributed by atoms with E-state index < -0.39 is 33.1 Å². The fourth-order valence-corrected chi connectivity index (χ4v) is 8.02.